The highest BCUT2D eigenvalue weighted by atomic mass is 32.1. The van der Waals surface area contributed by atoms with Gasteiger partial charge in [0, 0.05) is 16.1 Å². The van der Waals surface area contributed by atoms with Gasteiger partial charge in [-0.05, 0) is 49.7 Å². The van der Waals surface area contributed by atoms with E-state index in [1.54, 1.807) is 5.56 Å². The van der Waals surface area contributed by atoms with Crippen molar-refractivity contribution >= 4 is 21.4 Å². The van der Waals surface area contributed by atoms with Crippen molar-refractivity contribution in [3.05, 3.63) is 33.7 Å². The molecular weight excluding hydrogens is 238 g/mol. The third kappa shape index (κ3) is 2.60. The van der Waals surface area contributed by atoms with Crippen LogP contribution >= 0.6 is 11.3 Å². The first-order valence-electron chi connectivity index (χ1n) is 6.89. The van der Waals surface area contributed by atoms with Crippen LogP contribution in [0.15, 0.2) is 12.1 Å². The molecule has 2 heteroatoms. The van der Waals surface area contributed by atoms with Crippen molar-refractivity contribution in [1.82, 2.24) is 5.32 Å². The Hall–Kier alpha value is -0.860. The first-order valence-corrected chi connectivity index (χ1v) is 7.71. The summed E-state index contributed by atoms with van der Waals surface area (Å²) in [5.74, 6) is 0. The molecule has 0 amide bonds. The van der Waals surface area contributed by atoms with Crippen molar-refractivity contribution in [2.24, 2.45) is 0 Å². The lowest BCUT2D eigenvalue weighted by molar-refractivity contribution is 0.679. The summed E-state index contributed by atoms with van der Waals surface area (Å²) in [6, 6.07) is 4.64. The Kier molecular flexibility index (Phi) is 4.41. The quantitative estimate of drug-likeness (QED) is 0.777. The summed E-state index contributed by atoms with van der Waals surface area (Å²) in [7, 11) is 0. The molecule has 98 valence electrons. The van der Waals surface area contributed by atoms with Crippen LogP contribution in [0.2, 0.25) is 0 Å². The molecule has 1 N–H and O–H groups in total. The van der Waals surface area contributed by atoms with Gasteiger partial charge in [0.2, 0.25) is 0 Å². The standard InChI is InChI=1S/C16H23NS/c1-5-7-17-10-15-13(6-2)14-9-11(3)8-12(4)16(14)18-15/h8-9,17H,5-7,10H2,1-4H3. The van der Waals surface area contributed by atoms with Crippen LogP contribution in [0.5, 0.6) is 0 Å². The van der Waals surface area contributed by atoms with Crippen LogP contribution in [0.3, 0.4) is 0 Å². The van der Waals surface area contributed by atoms with Crippen LogP contribution in [0.4, 0.5) is 0 Å². The highest BCUT2D eigenvalue weighted by Crippen LogP contribution is 2.34. The van der Waals surface area contributed by atoms with Gasteiger partial charge >= 0.3 is 0 Å². The predicted octanol–water partition coefficient (Wildman–Crippen LogP) is 4.58. The second kappa shape index (κ2) is 5.85. The number of fused-ring (bicyclic) bond motifs is 1. The van der Waals surface area contributed by atoms with Crippen molar-refractivity contribution in [2.45, 2.75) is 47.1 Å². The third-order valence-corrected chi connectivity index (χ3v) is 4.75. The van der Waals surface area contributed by atoms with Crippen LogP contribution < -0.4 is 5.32 Å². The van der Waals surface area contributed by atoms with E-state index in [1.807, 2.05) is 11.3 Å². The number of benzene rings is 1. The fourth-order valence-corrected chi connectivity index (χ4v) is 3.87. The fourth-order valence-electron chi connectivity index (χ4n) is 2.56. The first-order chi connectivity index (χ1) is 8.67. The fraction of sp³-hybridized carbons (Fsp3) is 0.500. The minimum Gasteiger partial charge on any atom is -0.312 e. The van der Waals surface area contributed by atoms with Crippen LogP contribution in [0.1, 0.15) is 41.8 Å². The van der Waals surface area contributed by atoms with Gasteiger partial charge in [-0.15, -0.1) is 11.3 Å². The van der Waals surface area contributed by atoms with Crippen molar-refractivity contribution in [3.63, 3.8) is 0 Å². The van der Waals surface area contributed by atoms with E-state index in [-0.39, 0.29) is 0 Å². The van der Waals surface area contributed by atoms with Crippen LogP contribution in [-0.4, -0.2) is 6.54 Å². The van der Waals surface area contributed by atoms with E-state index < -0.39 is 0 Å². The van der Waals surface area contributed by atoms with Gasteiger partial charge < -0.3 is 5.32 Å². The van der Waals surface area contributed by atoms with Crippen LogP contribution in [0, 0.1) is 13.8 Å². The van der Waals surface area contributed by atoms with E-state index in [0.717, 1.165) is 19.5 Å². The zero-order valence-electron chi connectivity index (χ0n) is 11.9. The summed E-state index contributed by atoms with van der Waals surface area (Å²) in [4.78, 5) is 1.52. The molecule has 0 aliphatic rings. The summed E-state index contributed by atoms with van der Waals surface area (Å²) < 4.78 is 1.48. The molecule has 18 heavy (non-hydrogen) atoms. The molecule has 1 heterocycles. The Morgan fingerprint density at radius 2 is 1.94 bits per heavy atom. The molecule has 1 aromatic carbocycles. The lowest BCUT2D eigenvalue weighted by Crippen LogP contribution is -2.13. The molecule has 0 radical (unpaired) electrons. The molecule has 0 bridgehead atoms. The first kappa shape index (κ1) is 13.6. The molecule has 0 saturated heterocycles. The average molecular weight is 261 g/mol. The third-order valence-electron chi connectivity index (χ3n) is 3.37. The van der Waals surface area contributed by atoms with E-state index in [1.165, 1.54) is 32.5 Å². The molecule has 0 fully saturated rings. The number of thiophene rings is 1. The van der Waals surface area contributed by atoms with Gasteiger partial charge in [0.05, 0.1) is 0 Å². The van der Waals surface area contributed by atoms with Gasteiger partial charge in [-0.1, -0.05) is 31.5 Å². The van der Waals surface area contributed by atoms with Crippen LogP contribution in [-0.2, 0) is 13.0 Å². The lowest BCUT2D eigenvalue weighted by atomic mass is 10.0. The maximum atomic E-state index is 3.53. The average Bonchev–Trinajstić information content (AvgIpc) is 2.67. The second-order valence-corrected chi connectivity index (χ2v) is 6.10. The van der Waals surface area contributed by atoms with E-state index in [2.05, 4.69) is 45.1 Å². The number of nitrogens with one attached hydrogen (secondary N) is 1. The second-order valence-electron chi connectivity index (χ2n) is 4.99. The maximum Gasteiger partial charge on any atom is 0.0378 e. The van der Waals surface area contributed by atoms with Crippen molar-refractivity contribution in [1.29, 1.82) is 0 Å². The zero-order chi connectivity index (χ0) is 13.1. The van der Waals surface area contributed by atoms with E-state index in [9.17, 15) is 0 Å². The minimum atomic E-state index is 1.02. The maximum absolute atomic E-state index is 3.53. The van der Waals surface area contributed by atoms with Crippen molar-refractivity contribution < 1.29 is 0 Å². The molecule has 2 aromatic rings. The number of aryl methyl sites for hydroxylation is 3. The number of rotatable bonds is 5. The topological polar surface area (TPSA) is 12.0 Å². The van der Waals surface area contributed by atoms with E-state index in [0.29, 0.717) is 0 Å². The highest BCUT2D eigenvalue weighted by Gasteiger charge is 2.12. The number of hydrogen-bond donors (Lipinski definition) is 1. The minimum absolute atomic E-state index is 1.02. The summed E-state index contributed by atoms with van der Waals surface area (Å²) in [5, 5.41) is 5.01. The van der Waals surface area contributed by atoms with Gasteiger partial charge in [-0.3, -0.25) is 0 Å². The molecule has 0 atom stereocenters. The predicted molar refractivity (Wildman–Crippen MR) is 82.7 cm³/mol. The molecular formula is C16H23NS. The zero-order valence-corrected chi connectivity index (χ0v) is 12.7. The van der Waals surface area contributed by atoms with Crippen LogP contribution in [0.25, 0.3) is 10.1 Å². The summed E-state index contributed by atoms with van der Waals surface area (Å²) in [6.45, 7) is 11.0. The Labute approximate surface area is 114 Å². The molecule has 0 spiro atoms. The van der Waals surface area contributed by atoms with E-state index >= 15 is 0 Å². The normalized spacial score (nSPS) is 11.3. The highest BCUT2D eigenvalue weighted by molar-refractivity contribution is 7.19. The molecule has 1 aromatic heterocycles. The molecule has 0 saturated carbocycles. The molecule has 1 nitrogen and oxygen atoms in total. The van der Waals surface area contributed by atoms with Gasteiger partial charge in [0.25, 0.3) is 0 Å². The summed E-state index contributed by atoms with van der Waals surface area (Å²) >= 11 is 1.97. The summed E-state index contributed by atoms with van der Waals surface area (Å²) in [6.07, 6.45) is 2.33. The Morgan fingerprint density at radius 1 is 1.17 bits per heavy atom. The lowest BCUT2D eigenvalue weighted by Gasteiger charge is -2.04. The van der Waals surface area contributed by atoms with Gasteiger partial charge in [0.15, 0.2) is 0 Å². The van der Waals surface area contributed by atoms with Crippen molar-refractivity contribution in [2.75, 3.05) is 6.54 Å². The van der Waals surface area contributed by atoms with Crippen molar-refractivity contribution in [3.8, 4) is 0 Å². The largest absolute Gasteiger partial charge is 0.312 e. The Bertz CT molecular complexity index is 540. The monoisotopic (exact) mass is 261 g/mol. The molecule has 0 aliphatic carbocycles. The van der Waals surface area contributed by atoms with Gasteiger partial charge in [-0.2, -0.15) is 0 Å². The molecule has 0 unspecified atom stereocenters. The molecule has 2 rings (SSSR count). The smallest absolute Gasteiger partial charge is 0.0378 e. The Morgan fingerprint density at radius 3 is 2.61 bits per heavy atom. The van der Waals surface area contributed by atoms with Gasteiger partial charge in [-0.25, -0.2) is 0 Å². The summed E-state index contributed by atoms with van der Waals surface area (Å²) in [5.41, 5.74) is 4.34. The SMILES string of the molecule is CCCNCc1sc2c(C)cc(C)cc2c1CC. The number of hydrogen-bond acceptors (Lipinski definition) is 2. The van der Waals surface area contributed by atoms with Gasteiger partial charge in [0.1, 0.15) is 0 Å². The Balaban J connectivity index is 2.44. The molecule has 0 aliphatic heterocycles. The van der Waals surface area contributed by atoms with E-state index in [4.69, 9.17) is 0 Å².